The Bertz CT molecular complexity index is 745. The summed E-state index contributed by atoms with van der Waals surface area (Å²) in [6.45, 7) is -0.373. The van der Waals surface area contributed by atoms with Crippen LogP contribution in [0.4, 0.5) is 0 Å². The Morgan fingerprint density at radius 1 is 1.24 bits per heavy atom. The predicted molar refractivity (Wildman–Crippen MR) is 78.2 cm³/mol. The fourth-order valence-corrected chi connectivity index (χ4v) is 2.96. The van der Waals surface area contributed by atoms with Crippen molar-refractivity contribution in [1.29, 1.82) is 0 Å². The van der Waals surface area contributed by atoms with Crippen molar-refractivity contribution in [2.45, 2.75) is 11.3 Å². The summed E-state index contributed by atoms with van der Waals surface area (Å²) in [5.74, 6) is 4.92. The highest BCUT2D eigenvalue weighted by atomic mass is 32.2. The van der Waals surface area contributed by atoms with Crippen molar-refractivity contribution < 1.29 is 21.9 Å². The first kappa shape index (κ1) is 17.6. The van der Waals surface area contributed by atoms with Crippen molar-refractivity contribution in [3.05, 3.63) is 29.8 Å². The van der Waals surface area contributed by atoms with Gasteiger partial charge < -0.3 is 5.11 Å². The van der Waals surface area contributed by atoms with Crippen LogP contribution >= 0.6 is 0 Å². The molecule has 9 heteroatoms. The van der Waals surface area contributed by atoms with Crippen molar-refractivity contribution >= 4 is 20.0 Å². The molecule has 0 spiro atoms. The third-order valence-electron chi connectivity index (χ3n) is 2.29. The number of nitrogens with one attached hydrogen (secondary N) is 1. The molecular formula is C12H16N2O5S2. The van der Waals surface area contributed by atoms with E-state index in [9.17, 15) is 16.8 Å². The molecule has 0 aliphatic carbocycles. The van der Waals surface area contributed by atoms with E-state index in [2.05, 4.69) is 16.6 Å². The molecular weight excluding hydrogens is 316 g/mol. The van der Waals surface area contributed by atoms with Gasteiger partial charge in [0.15, 0.2) is 0 Å². The molecule has 21 heavy (non-hydrogen) atoms. The first-order chi connectivity index (χ1) is 9.74. The van der Waals surface area contributed by atoms with Gasteiger partial charge in [0.2, 0.25) is 20.0 Å². The summed E-state index contributed by atoms with van der Waals surface area (Å²) in [5, 5.41) is 13.4. The van der Waals surface area contributed by atoms with Crippen LogP contribution in [0.5, 0.6) is 0 Å². The lowest BCUT2D eigenvalue weighted by molar-refractivity contribution is 0.305. The van der Waals surface area contributed by atoms with Crippen molar-refractivity contribution in [2.75, 3.05) is 18.9 Å². The Balaban J connectivity index is 2.84. The molecule has 1 aromatic rings. The van der Waals surface area contributed by atoms with Gasteiger partial charge in [0, 0.05) is 18.5 Å². The van der Waals surface area contributed by atoms with Crippen LogP contribution in [0.15, 0.2) is 29.2 Å². The fraction of sp³-hybridized carbons (Fsp3) is 0.333. The number of nitrogens with two attached hydrogens (primary N) is 1. The van der Waals surface area contributed by atoms with Gasteiger partial charge in [-0.2, -0.15) is 0 Å². The van der Waals surface area contributed by atoms with Crippen LogP contribution in [0.1, 0.15) is 12.0 Å². The minimum absolute atomic E-state index is 0.0206. The molecule has 0 amide bonds. The van der Waals surface area contributed by atoms with Crippen LogP contribution < -0.4 is 9.86 Å². The molecule has 1 rings (SSSR count). The van der Waals surface area contributed by atoms with Gasteiger partial charge in [0.1, 0.15) is 0 Å². The quantitative estimate of drug-likeness (QED) is 0.575. The highest BCUT2D eigenvalue weighted by molar-refractivity contribution is 7.90. The van der Waals surface area contributed by atoms with Gasteiger partial charge in [0.05, 0.1) is 17.3 Å². The molecule has 116 valence electrons. The maximum Gasteiger partial charge on any atom is 0.240 e. The minimum atomic E-state index is -3.82. The maximum atomic E-state index is 12.0. The third-order valence-corrected chi connectivity index (χ3v) is 4.52. The minimum Gasteiger partial charge on any atom is -0.395 e. The number of rotatable bonds is 6. The van der Waals surface area contributed by atoms with E-state index in [1.807, 2.05) is 0 Å². The number of aliphatic hydroxyl groups excluding tert-OH is 1. The molecule has 0 aliphatic heterocycles. The molecule has 0 heterocycles. The highest BCUT2D eigenvalue weighted by Crippen LogP contribution is 2.10. The van der Waals surface area contributed by atoms with E-state index < -0.39 is 25.8 Å². The second kappa shape index (κ2) is 7.53. The molecule has 0 aromatic heterocycles. The summed E-state index contributed by atoms with van der Waals surface area (Å²) in [6, 6.07) is 5.89. The Morgan fingerprint density at radius 3 is 2.57 bits per heavy atom. The Hall–Kier alpha value is -1.44. The summed E-state index contributed by atoms with van der Waals surface area (Å²) >= 11 is 0. The molecule has 0 bridgehead atoms. The summed E-state index contributed by atoms with van der Waals surface area (Å²) < 4.78 is 47.6. The molecule has 0 fully saturated rings. The van der Waals surface area contributed by atoms with Gasteiger partial charge in [-0.3, -0.25) is 0 Å². The zero-order chi connectivity index (χ0) is 15.9. The van der Waals surface area contributed by atoms with E-state index in [-0.39, 0.29) is 18.0 Å². The molecule has 0 radical (unpaired) electrons. The zero-order valence-electron chi connectivity index (χ0n) is 11.1. The van der Waals surface area contributed by atoms with Crippen molar-refractivity contribution in [2.24, 2.45) is 5.14 Å². The Labute approximate surface area is 124 Å². The van der Waals surface area contributed by atoms with Crippen molar-refractivity contribution in [3.8, 4) is 11.8 Å². The molecule has 0 saturated heterocycles. The highest BCUT2D eigenvalue weighted by Gasteiger charge is 2.14. The molecule has 0 unspecified atom stereocenters. The van der Waals surface area contributed by atoms with Crippen LogP contribution in [0.3, 0.4) is 0 Å². The normalized spacial score (nSPS) is 11.7. The summed E-state index contributed by atoms with van der Waals surface area (Å²) in [7, 11) is -7.55. The molecule has 0 atom stereocenters. The SMILES string of the molecule is NS(=O)(=O)CCNS(=O)(=O)c1cccc(C#CCCO)c1. The number of benzene rings is 1. The van der Waals surface area contributed by atoms with Gasteiger partial charge in [-0.1, -0.05) is 17.9 Å². The van der Waals surface area contributed by atoms with E-state index in [0.717, 1.165) is 0 Å². The lowest BCUT2D eigenvalue weighted by Crippen LogP contribution is -2.31. The van der Waals surface area contributed by atoms with Crippen LogP contribution in [-0.4, -0.2) is 40.8 Å². The average Bonchev–Trinajstić information content (AvgIpc) is 2.37. The summed E-state index contributed by atoms with van der Waals surface area (Å²) in [6.07, 6.45) is 0.295. The van der Waals surface area contributed by atoms with Gasteiger partial charge in [-0.15, -0.1) is 0 Å². The monoisotopic (exact) mass is 332 g/mol. The van der Waals surface area contributed by atoms with Crippen molar-refractivity contribution in [1.82, 2.24) is 4.72 Å². The Kier molecular flexibility index (Phi) is 6.32. The van der Waals surface area contributed by atoms with Crippen LogP contribution in [0.2, 0.25) is 0 Å². The van der Waals surface area contributed by atoms with Gasteiger partial charge in [-0.05, 0) is 18.2 Å². The second-order valence-corrected chi connectivity index (χ2v) is 7.57. The van der Waals surface area contributed by atoms with Crippen molar-refractivity contribution in [3.63, 3.8) is 0 Å². The summed E-state index contributed by atoms with van der Waals surface area (Å²) in [4.78, 5) is -0.0206. The van der Waals surface area contributed by atoms with E-state index in [0.29, 0.717) is 12.0 Å². The molecule has 0 saturated carbocycles. The smallest absolute Gasteiger partial charge is 0.240 e. The first-order valence-electron chi connectivity index (χ1n) is 5.94. The van der Waals surface area contributed by atoms with Crippen LogP contribution in [0, 0.1) is 11.8 Å². The van der Waals surface area contributed by atoms with Gasteiger partial charge in [-0.25, -0.2) is 26.7 Å². The molecule has 0 aliphatic rings. The van der Waals surface area contributed by atoms with E-state index >= 15 is 0 Å². The second-order valence-electron chi connectivity index (χ2n) is 4.07. The molecule has 4 N–H and O–H groups in total. The zero-order valence-corrected chi connectivity index (χ0v) is 12.7. The van der Waals surface area contributed by atoms with Gasteiger partial charge >= 0.3 is 0 Å². The summed E-state index contributed by atoms with van der Waals surface area (Å²) in [5.41, 5.74) is 0.484. The number of sulfonamides is 2. The third kappa shape index (κ3) is 6.70. The fourth-order valence-electron chi connectivity index (χ4n) is 1.36. The average molecular weight is 332 g/mol. The number of hydrogen-bond donors (Lipinski definition) is 3. The molecule has 1 aromatic carbocycles. The number of aliphatic hydroxyl groups is 1. The predicted octanol–water partition coefficient (Wildman–Crippen LogP) is -1.01. The van der Waals surface area contributed by atoms with E-state index in [1.54, 1.807) is 6.07 Å². The first-order valence-corrected chi connectivity index (χ1v) is 9.14. The maximum absolute atomic E-state index is 12.0. The van der Waals surface area contributed by atoms with E-state index in [4.69, 9.17) is 10.2 Å². The van der Waals surface area contributed by atoms with Crippen LogP contribution in [0.25, 0.3) is 0 Å². The van der Waals surface area contributed by atoms with Crippen LogP contribution in [-0.2, 0) is 20.0 Å². The topological polar surface area (TPSA) is 127 Å². The van der Waals surface area contributed by atoms with Gasteiger partial charge in [0.25, 0.3) is 0 Å². The Morgan fingerprint density at radius 2 is 1.95 bits per heavy atom. The molecule has 7 nitrogen and oxygen atoms in total. The number of hydrogen-bond acceptors (Lipinski definition) is 5. The standard InChI is InChI=1S/C12H16N2O5S2/c13-20(16,17)9-7-14-21(18,19)12-6-3-5-11(10-12)4-1-2-8-15/h3,5-6,10,14-15H,2,7-9H2,(H2,13,16,17). The lowest BCUT2D eigenvalue weighted by Gasteiger charge is -2.06. The largest absolute Gasteiger partial charge is 0.395 e. The lowest BCUT2D eigenvalue weighted by atomic mass is 10.2. The van der Waals surface area contributed by atoms with E-state index in [1.165, 1.54) is 18.2 Å². The number of primary sulfonamides is 1.